The summed E-state index contributed by atoms with van der Waals surface area (Å²) in [5.74, 6) is -3.01. The lowest BCUT2D eigenvalue weighted by Gasteiger charge is -2.36. The number of aliphatic hydroxyl groups is 2. The van der Waals surface area contributed by atoms with Gasteiger partial charge in [-0.3, -0.25) is 19.3 Å². The van der Waals surface area contributed by atoms with Gasteiger partial charge < -0.3 is 20.4 Å². The van der Waals surface area contributed by atoms with Crippen molar-refractivity contribution in [2.45, 2.75) is 71.3 Å². The molecule has 8 nitrogen and oxygen atoms in total. The molecule has 1 fully saturated rings. The first-order valence-electron chi connectivity index (χ1n) is 13.2. The number of phenolic OH excluding ortho intramolecular Hbond substituents is 1. The van der Waals surface area contributed by atoms with Gasteiger partial charge in [0.25, 0.3) is 0 Å². The van der Waals surface area contributed by atoms with Crippen molar-refractivity contribution in [3.8, 4) is 5.75 Å². The van der Waals surface area contributed by atoms with Gasteiger partial charge in [-0.25, -0.2) is 0 Å². The number of hydrogen-bond acceptors (Lipinski definition) is 6. The normalized spacial score (nSPS) is 23.0. The van der Waals surface area contributed by atoms with E-state index in [0.717, 1.165) is 16.7 Å². The Bertz CT molecular complexity index is 1060. The number of likely N-dealkylation sites (tertiary alicyclic amines) is 1. The molecule has 2 aliphatic rings. The molecular formula is C29H39NO7. The average molecular weight is 514 g/mol. The highest BCUT2D eigenvalue weighted by Crippen LogP contribution is 2.47. The monoisotopic (exact) mass is 513 g/mol. The third-order valence-electron chi connectivity index (χ3n) is 7.63. The van der Waals surface area contributed by atoms with Crippen molar-refractivity contribution >= 4 is 23.9 Å². The van der Waals surface area contributed by atoms with Gasteiger partial charge in [-0.15, -0.1) is 0 Å². The number of aromatic hydroxyl groups is 1. The van der Waals surface area contributed by atoms with Crippen LogP contribution in [0.15, 0.2) is 41.0 Å². The van der Waals surface area contributed by atoms with E-state index in [1.165, 1.54) is 4.90 Å². The van der Waals surface area contributed by atoms with Crippen LogP contribution >= 0.6 is 0 Å². The fourth-order valence-corrected chi connectivity index (χ4v) is 5.80. The molecule has 1 aromatic rings. The molecule has 0 unspecified atom stereocenters. The molecule has 37 heavy (non-hydrogen) atoms. The Balaban J connectivity index is 1.70. The maximum Gasteiger partial charge on any atom is 0.303 e. The molecular weight excluding hydrogens is 474 g/mol. The lowest BCUT2D eigenvalue weighted by molar-refractivity contribution is -0.141. The lowest BCUT2D eigenvalue weighted by atomic mass is 9.67. The molecule has 4 N–H and O–H groups in total. The minimum atomic E-state index is -0.862. The summed E-state index contributed by atoms with van der Waals surface area (Å²) in [5, 5.41) is 40.0. The van der Waals surface area contributed by atoms with Crippen molar-refractivity contribution in [3.63, 3.8) is 0 Å². The number of phenols is 1. The van der Waals surface area contributed by atoms with Gasteiger partial charge in [0.05, 0.1) is 24.5 Å². The molecule has 0 aromatic heterocycles. The number of allylic oxidation sites excluding steroid dienone is 2. The zero-order chi connectivity index (χ0) is 27.1. The molecule has 202 valence electrons. The Morgan fingerprint density at radius 2 is 1.92 bits per heavy atom. The van der Waals surface area contributed by atoms with Crippen LogP contribution in [0.4, 0.5) is 0 Å². The lowest BCUT2D eigenvalue weighted by Crippen LogP contribution is -2.39. The number of rotatable bonds is 13. The standard InChI is InChI=1S/C29H39NO7/c1-3-20-16-22-27(29(37)30(28(22)36)13-6-4-5-10-25(34)35)23(17-31)26(20)24(33)12-11-18(2)14-19-8-7-9-21(32)15-19/h7-9,14-15,22-24,27,31-33H,3-6,10-13,16-17H2,1-2H3,(H,34,35)/b18-14+/t22-,23+,24-,27-/m1/s1. The van der Waals surface area contributed by atoms with E-state index in [1.54, 1.807) is 18.2 Å². The van der Waals surface area contributed by atoms with E-state index in [0.29, 0.717) is 50.5 Å². The van der Waals surface area contributed by atoms with E-state index < -0.39 is 29.8 Å². The quantitative estimate of drug-likeness (QED) is 0.178. The van der Waals surface area contributed by atoms with Crippen LogP contribution in [-0.2, 0) is 14.4 Å². The number of hydrogen-bond donors (Lipinski definition) is 4. The molecule has 1 heterocycles. The second kappa shape index (κ2) is 13.0. The number of unbranched alkanes of at least 4 members (excludes halogenated alkanes) is 2. The third kappa shape index (κ3) is 6.87. The predicted octanol–water partition coefficient (Wildman–Crippen LogP) is 3.90. The van der Waals surface area contributed by atoms with E-state index in [9.17, 15) is 29.7 Å². The van der Waals surface area contributed by atoms with Crippen molar-refractivity contribution in [2.24, 2.45) is 17.8 Å². The highest BCUT2D eigenvalue weighted by atomic mass is 16.4. The van der Waals surface area contributed by atoms with Crippen LogP contribution in [-0.4, -0.2) is 62.4 Å². The zero-order valence-electron chi connectivity index (χ0n) is 21.7. The maximum absolute atomic E-state index is 13.3. The Morgan fingerprint density at radius 3 is 2.57 bits per heavy atom. The van der Waals surface area contributed by atoms with Crippen LogP contribution in [0, 0.1) is 17.8 Å². The fourth-order valence-electron chi connectivity index (χ4n) is 5.80. The van der Waals surface area contributed by atoms with E-state index in [2.05, 4.69) is 0 Å². The minimum absolute atomic E-state index is 0.0627. The van der Waals surface area contributed by atoms with Gasteiger partial charge in [0, 0.05) is 18.9 Å². The number of carboxylic acid groups (broad SMARTS) is 1. The largest absolute Gasteiger partial charge is 0.508 e. The maximum atomic E-state index is 13.3. The highest BCUT2D eigenvalue weighted by molar-refractivity contribution is 6.05. The smallest absolute Gasteiger partial charge is 0.303 e. The molecule has 8 heteroatoms. The third-order valence-corrected chi connectivity index (χ3v) is 7.63. The Hall–Kier alpha value is -2.97. The summed E-state index contributed by atoms with van der Waals surface area (Å²) >= 11 is 0. The number of nitrogens with zero attached hydrogens (tertiary/aromatic N) is 1. The van der Waals surface area contributed by atoms with E-state index >= 15 is 0 Å². The van der Waals surface area contributed by atoms with Crippen LogP contribution in [0.25, 0.3) is 6.08 Å². The van der Waals surface area contributed by atoms with Gasteiger partial charge in [-0.1, -0.05) is 42.7 Å². The van der Waals surface area contributed by atoms with Crippen LogP contribution in [0.2, 0.25) is 0 Å². The zero-order valence-corrected chi connectivity index (χ0v) is 21.7. The van der Waals surface area contributed by atoms with Crippen molar-refractivity contribution in [1.82, 2.24) is 4.90 Å². The summed E-state index contributed by atoms with van der Waals surface area (Å²) in [6, 6.07) is 6.93. The first-order chi connectivity index (χ1) is 17.7. The Morgan fingerprint density at radius 1 is 1.16 bits per heavy atom. The molecule has 0 saturated carbocycles. The molecule has 1 aliphatic carbocycles. The number of aliphatic hydroxyl groups excluding tert-OH is 2. The van der Waals surface area contributed by atoms with E-state index in [4.69, 9.17) is 5.11 Å². The molecule has 0 bridgehead atoms. The molecule has 2 amide bonds. The summed E-state index contributed by atoms with van der Waals surface area (Å²) < 4.78 is 0. The predicted molar refractivity (Wildman–Crippen MR) is 139 cm³/mol. The summed E-state index contributed by atoms with van der Waals surface area (Å²) in [6.45, 7) is 3.85. The summed E-state index contributed by atoms with van der Waals surface area (Å²) in [6.07, 6.45) is 4.87. The number of imide groups is 1. The molecule has 3 rings (SSSR count). The molecule has 1 aromatic carbocycles. The highest BCUT2D eigenvalue weighted by Gasteiger charge is 2.54. The summed E-state index contributed by atoms with van der Waals surface area (Å²) in [7, 11) is 0. The van der Waals surface area contributed by atoms with Gasteiger partial charge >= 0.3 is 5.97 Å². The number of carbonyl (C=O) groups is 3. The average Bonchev–Trinajstić information content (AvgIpc) is 3.10. The van der Waals surface area contributed by atoms with Crippen LogP contribution in [0.3, 0.4) is 0 Å². The molecule has 0 radical (unpaired) electrons. The van der Waals surface area contributed by atoms with Gasteiger partial charge in [0.15, 0.2) is 0 Å². The minimum Gasteiger partial charge on any atom is -0.508 e. The summed E-state index contributed by atoms with van der Waals surface area (Å²) in [5.41, 5.74) is 3.53. The van der Waals surface area contributed by atoms with Crippen molar-refractivity contribution in [2.75, 3.05) is 13.2 Å². The molecule has 4 atom stereocenters. The van der Waals surface area contributed by atoms with E-state index in [1.807, 2.05) is 26.0 Å². The first kappa shape index (κ1) is 28.6. The van der Waals surface area contributed by atoms with Gasteiger partial charge in [-0.2, -0.15) is 0 Å². The molecule has 0 spiro atoms. The number of amides is 2. The van der Waals surface area contributed by atoms with Crippen LogP contribution in [0.1, 0.15) is 70.8 Å². The first-order valence-corrected chi connectivity index (χ1v) is 13.2. The van der Waals surface area contributed by atoms with E-state index in [-0.39, 0.29) is 37.1 Å². The van der Waals surface area contributed by atoms with Gasteiger partial charge in [0.2, 0.25) is 11.8 Å². The number of fused-ring (bicyclic) bond motifs is 1. The molecule has 1 aliphatic heterocycles. The van der Waals surface area contributed by atoms with Crippen LogP contribution < -0.4 is 0 Å². The number of carbonyl (C=O) groups excluding carboxylic acids is 2. The fraction of sp³-hybridized carbons (Fsp3) is 0.552. The van der Waals surface area contributed by atoms with Crippen molar-refractivity contribution in [3.05, 3.63) is 46.5 Å². The molecule has 1 saturated heterocycles. The van der Waals surface area contributed by atoms with Crippen LogP contribution in [0.5, 0.6) is 5.75 Å². The second-order valence-corrected chi connectivity index (χ2v) is 10.2. The van der Waals surface area contributed by atoms with Gasteiger partial charge in [-0.05, 0) is 68.7 Å². The number of benzene rings is 1. The second-order valence-electron chi connectivity index (χ2n) is 10.2. The van der Waals surface area contributed by atoms with Crippen molar-refractivity contribution in [1.29, 1.82) is 0 Å². The van der Waals surface area contributed by atoms with Crippen molar-refractivity contribution < 1.29 is 34.8 Å². The number of aliphatic carboxylic acids is 1. The van der Waals surface area contributed by atoms with Gasteiger partial charge in [0.1, 0.15) is 5.75 Å². The topological polar surface area (TPSA) is 135 Å². The summed E-state index contributed by atoms with van der Waals surface area (Å²) in [4.78, 5) is 38.5. The Labute approximate surface area is 218 Å². The SMILES string of the molecule is CCC1=C([C@H](O)CC/C(C)=C/c2cccc(O)c2)[C@H](CO)[C@@H]2C(=O)N(CCCCCC(=O)O)C(=O)[C@@H]2C1. The Kier molecular flexibility index (Phi) is 10.1. The number of carboxylic acids is 1.